The molecule has 0 aliphatic carbocycles. The number of hydrogen-bond donors (Lipinski definition) is 1. The van der Waals surface area contributed by atoms with Crippen LogP contribution in [0.25, 0.3) is 16.6 Å². The van der Waals surface area contributed by atoms with Gasteiger partial charge in [-0.1, -0.05) is 12.1 Å². The van der Waals surface area contributed by atoms with Gasteiger partial charge < -0.3 is 19.7 Å². The summed E-state index contributed by atoms with van der Waals surface area (Å²) in [4.78, 5) is 14.8. The smallest absolute Gasteiger partial charge is 0.231 e. The Labute approximate surface area is 174 Å². The van der Waals surface area contributed by atoms with Crippen molar-refractivity contribution in [1.29, 1.82) is 0 Å². The molecular formula is C22H25FN4O3. The third-order valence-electron chi connectivity index (χ3n) is 5.06. The molecular weight excluding hydrogens is 387 g/mol. The van der Waals surface area contributed by atoms with Crippen LogP contribution in [0.15, 0.2) is 42.5 Å². The van der Waals surface area contributed by atoms with Crippen molar-refractivity contribution in [3.05, 3.63) is 48.3 Å². The van der Waals surface area contributed by atoms with Crippen molar-refractivity contribution in [2.75, 3.05) is 45.8 Å². The number of benzene rings is 2. The maximum Gasteiger partial charge on any atom is 0.231 e. The fraction of sp³-hybridized carbons (Fsp3) is 0.364. The number of carbonyl (C=O) groups is 1. The van der Waals surface area contributed by atoms with Crippen molar-refractivity contribution in [2.24, 2.45) is 5.92 Å². The molecule has 30 heavy (non-hydrogen) atoms. The van der Waals surface area contributed by atoms with Gasteiger partial charge in [0, 0.05) is 13.2 Å². The Morgan fingerprint density at radius 3 is 2.90 bits per heavy atom. The van der Waals surface area contributed by atoms with E-state index in [1.807, 2.05) is 37.2 Å². The van der Waals surface area contributed by atoms with Crippen LogP contribution in [0.2, 0.25) is 0 Å². The molecule has 4 rings (SSSR count). The van der Waals surface area contributed by atoms with Crippen LogP contribution in [0.1, 0.15) is 6.42 Å². The van der Waals surface area contributed by atoms with E-state index in [-0.39, 0.29) is 17.6 Å². The maximum absolute atomic E-state index is 13.8. The molecule has 1 amide bonds. The van der Waals surface area contributed by atoms with Crippen LogP contribution in [0.5, 0.6) is 5.75 Å². The summed E-state index contributed by atoms with van der Waals surface area (Å²) in [6.07, 6.45) is 0.681. The normalized spacial score (nSPS) is 16.3. The molecule has 3 aromatic rings. The minimum absolute atomic E-state index is 0.138. The topological polar surface area (TPSA) is 68.6 Å². The first-order valence-corrected chi connectivity index (χ1v) is 9.97. The van der Waals surface area contributed by atoms with Crippen LogP contribution in [0.4, 0.5) is 10.2 Å². The summed E-state index contributed by atoms with van der Waals surface area (Å²) >= 11 is 0. The van der Waals surface area contributed by atoms with Crippen LogP contribution in [0.3, 0.4) is 0 Å². The van der Waals surface area contributed by atoms with Crippen LogP contribution in [0, 0.1) is 11.7 Å². The third-order valence-corrected chi connectivity index (χ3v) is 5.06. The van der Waals surface area contributed by atoms with Gasteiger partial charge >= 0.3 is 0 Å². The Balaban J connectivity index is 1.75. The first-order valence-electron chi connectivity index (χ1n) is 9.97. The number of likely N-dealkylation sites (N-methyl/N-ethyl adjacent to an activating group) is 1. The van der Waals surface area contributed by atoms with Crippen molar-refractivity contribution in [3.63, 3.8) is 0 Å². The molecule has 0 radical (unpaired) electrons. The van der Waals surface area contributed by atoms with Gasteiger partial charge in [-0.2, -0.15) is 0 Å². The number of nitrogens with one attached hydrogen (secondary N) is 1. The Hall–Kier alpha value is -2.97. The SMILES string of the molecule is CN(C)CCOc1cccc2c1c(NC(=O)[C@@H]1CCOC1)nn2-c1cccc(F)c1. The van der Waals surface area contributed by atoms with Crippen molar-refractivity contribution >= 4 is 22.6 Å². The number of halogens is 1. The zero-order valence-electron chi connectivity index (χ0n) is 17.1. The van der Waals surface area contributed by atoms with E-state index in [1.165, 1.54) is 12.1 Å². The number of carbonyl (C=O) groups excluding carboxylic acids is 1. The van der Waals surface area contributed by atoms with Gasteiger partial charge in [-0.15, -0.1) is 5.10 Å². The molecule has 158 valence electrons. The molecule has 0 bridgehead atoms. The number of rotatable bonds is 7. The quantitative estimate of drug-likeness (QED) is 0.646. The maximum atomic E-state index is 13.8. The zero-order chi connectivity index (χ0) is 21.1. The van der Waals surface area contributed by atoms with E-state index in [1.54, 1.807) is 16.8 Å². The average molecular weight is 412 g/mol. The van der Waals surface area contributed by atoms with Gasteiger partial charge in [0.2, 0.25) is 5.91 Å². The first kappa shape index (κ1) is 20.3. The van der Waals surface area contributed by atoms with Gasteiger partial charge in [0.15, 0.2) is 5.82 Å². The summed E-state index contributed by atoms with van der Waals surface area (Å²) in [7, 11) is 3.95. The average Bonchev–Trinajstić information content (AvgIpc) is 3.37. The second-order valence-electron chi connectivity index (χ2n) is 7.59. The van der Waals surface area contributed by atoms with Gasteiger partial charge in [-0.3, -0.25) is 4.79 Å². The predicted octanol–water partition coefficient (Wildman–Crippen LogP) is 3.08. The number of anilines is 1. The number of ether oxygens (including phenoxy) is 2. The molecule has 2 aromatic carbocycles. The Bertz CT molecular complexity index is 1040. The largest absolute Gasteiger partial charge is 0.491 e. The molecule has 0 unspecified atom stereocenters. The fourth-order valence-electron chi connectivity index (χ4n) is 3.45. The van der Waals surface area contributed by atoms with Gasteiger partial charge in [-0.25, -0.2) is 9.07 Å². The van der Waals surface area contributed by atoms with Gasteiger partial charge in [0.1, 0.15) is 18.2 Å². The monoisotopic (exact) mass is 412 g/mol. The highest BCUT2D eigenvalue weighted by molar-refractivity contribution is 6.04. The standard InChI is InChI=1S/C22H25FN4O3/c1-26(2)10-12-30-19-8-4-7-18-20(19)21(24-22(28)15-9-11-29-14-15)25-27(18)17-6-3-5-16(23)13-17/h3-8,13,15H,9-12,14H2,1-2H3,(H,24,25,28)/t15-/m1/s1. The Morgan fingerprint density at radius 1 is 1.33 bits per heavy atom. The molecule has 1 atom stereocenters. The molecule has 1 saturated heterocycles. The summed E-state index contributed by atoms with van der Waals surface area (Å²) < 4.78 is 26.8. The minimum atomic E-state index is -0.358. The van der Waals surface area contributed by atoms with Crippen molar-refractivity contribution in [1.82, 2.24) is 14.7 Å². The van der Waals surface area contributed by atoms with E-state index >= 15 is 0 Å². The molecule has 0 spiro atoms. The summed E-state index contributed by atoms with van der Waals surface area (Å²) in [5.41, 5.74) is 1.29. The van der Waals surface area contributed by atoms with Crippen LogP contribution >= 0.6 is 0 Å². The number of nitrogens with zero attached hydrogens (tertiary/aromatic N) is 3. The second-order valence-corrected chi connectivity index (χ2v) is 7.59. The third kappa shape index (κ3) is 4.29. The van der Waals surface area contributed by atoms with E-state index in [4.69, 9.17) is 9.47 Å². The summed E-state index contributed by atoms with van der Waals surface area (Å²) in [6.45, 7) is 2.21. The number of aromatic nitrogens is 2. The van der Waals surface area contributed by atoms with E-state index in [9.17, 15) is 9.18 Å². The summed E-state index contributed by atoms with van der Waals surface area (Å²) in [5, 5.41) is 8.23. The van der Waals surface area contributed by atoms with Gasteiger partial charge in [0.05, 0.1) is 29.1 Å². The Kier molecular flexibility index (Phi) is 5.96. The Morgan fingerprint density at radius 2 is 2.17 bits per heavy atom. The zero-order valence-corrected chi connectivity index (χ0v) is 17.1. The summed E-state index contributed by atoms with van der Waals surface area (Å²) in [5.74, 6) is 0.312. The van der Waals surface area contributed by atoms with Crippen LogP contribution in [-0.2, 0) is 9.53 Å². The highest BCUT2D eigenvalue weighted by Gasteiger charge is 2.26. The van der Waals surface area contributed by atoms with Crippen molar-refractivity contribution in [3.8, 4) is 11.4 Å². The highest BCUT2D eigenvalue weighted by Crippen LogP contribution is 2.34. The number of amides is 1. The van der Waals surface area contributed by atoms with Crippen LogP contribution in [-0.4, -0.2) is 61.0 Å². The van der Waals surface area contributed by atoms with E-state index < -0.39 is 0 Å². The first-order chi connectivity index (χ1) is 14.5. The molecule has 1 aliphatic heterocycles. The lowest BCUT2D eigenvalue weighted by Crippen LogP contribution is -2.23. The molecule has 8 heteroatoms. The predicted molar refractivity (Wildman–Crippen MR) is 113 cm³/mol. The molecule has 1 N–H and O–H groups in total. The number of hydrogen-bond acceptors (Lipinski definition) is 5. The van der Waals surface area contributed by atoms with Crippen molar-refractivity contribution in [2.45, 2.75) is 6.42 Å². The molecule has 2 heterocycles. The highest BCUT2D eigenvalue weighted by atomic mass is 19.1. The van der Waals surface area contributed by atoms with E-state index in [0.29, 0.717) is 48.9 Å². The molecule has 1 fully saturated rings. The minimum Gasteiger partial charge on any atom is -0.491 e. The fourth-order valence-corrected chi connectivity index (χ4v) is 3.45. The lowest BCUT2D eigenvalue weighted by atomic mass is 10.1. The van der Waals surface area contributed by atoms with Crippen LogP contribution < -0.4 is 10.1 Å². The lowest BCUT2D eigenvalue weighted by Gasteiger charge is -2.13. The molecule has 7 nitrogen and oxygen atoms in total. The molecule has 0 saturated carbocycles. The van der Waals surface area contributed by atoms with Gasteiger partial charge in [-0.05, 0) is 50.8 Å². The second kappa shape index (κ2) is 8.81. The lowest BCUT2D eigenvalue weighted by molar-refractivity contribution is -0.119. The molecule has 1 aliphatic rings. The molecule has 1 aromatic heterocycles. The van der Waals surface area contributed by atoms with E-state index in [2.05, 4.69) is 10.4 Å². The van der Waals surface area contributed by atoms with E-state index in [0.717, 1.165) is 12.1 Å². The van der Waals surface area contributed by atoms with Crippen molar-refractivity contribution < 1.29 is 18.7 Å². The van der Waals surface area contributed by atoms with Gasteiger partial charge in [0.25, 0.3) is 0 Å². The summed E-state index contributed by atoms with van der Waals surface area (Å²) in [6, 6.07) is 11.8. The number of fused-ring (bicyclic) bond motifs is 1.